The van der Waals surface area contributed by atoms with Gasteiger partial charge in [-0.05, 0) is 24.5 Å². The average Bonchev–Trinajstić information content (AvgIpc) is 2.83. The number of rotatable bonds is 7. The van der Waals surface area contributed by atoms with Gasteiger partial charge in [-0.2, -0.15) is 0 Å². The number of carboxylic acid groups (broad SMARTS) is 1. The third kappa shape index (κ3) is 5.21. The summed E-state index contributed by atoms with van der Waals surface area (Å²) in [4.78, 5) is 25.0. The standard InChI is InChI=1S/C14H22N2O3S/c1-4-10-5-6-11(20-10)7-15-14(19)16-8-12(9(2)3)13(17)18/h5-6,9,12H,4,7-8H2,1-3H3,(H,17,18)(H2,15,16,19). The van der Waals surface area contributed by atoms with Crippen LogP contribution < -0.4 is 10.6 Å². The van der Waals surface area contributed by atoms with Crippen LogP contribution in [-0.4, -0.2) is 23.7 Å². The predicted octanol–water partition coefficient (Wildman–Crippen LogP) is 2.47. The Morgan fingerprint density at radius 1 is 1.25 bits per heavy atom. The van der Waals surface area contributed by atoms with E-state index in [2.05, 4.69) is 23.6 Å². The molecule has 0 spiro atoms. The van der Waals surface area contributed by atoms with E-state index in [4.69, 9.17) is 5.11 Å². The normalized spacial score (nSPS) is 12.2. The molecule has 5 nitrogen and oxygen atoms in total. The maximum atomic E-state index is 11.6. The molecular formula is C14H22N2O3S. The van der Waals surface area contributed by atoms with E-state index in [0.717, 1.165) is 11.3 Å². The zero-order valence-corrected chi connectivity index (χ0v) is 12.9. The number of aliphatic carboxylic acids is 1. The summed E-state index contributed by atoms with van der Waals surface area (Å²) in [7, 11) is 0. The molecule has 0 aromatic carbocycles. The Bertz CT molecular complexity index is 457. The number of carboxylic acids is 1. The number of nitrogens with one attached hydrogen (secondary N) is 2. The van der Waals surface area contributed by atoms with Crippen molar-refractivity contribution in [1.82, 2.24) is 10.6 Å². The van der Waals surface area contributed by atoms with Crippen LogP contribution in [0.4, 0.5) is 4.79 Å². The number of carbonyl (C=O) groups excluding carboxylic acids is 1. The van der Waals surface area contributed by atoms with Gasteiger partial charge in [0, 0.05) is 16.3 Å². The van der Waals surface area contributed by atoms with Crippen molar-refractivity contribution in [2.75, 3.05) is 6.54 Å². The van der Waals surface area contributed by atoms with Crippen LogP contribution in [0.25, 0.3) is 0 Å². The predicted molar refractivity (Wildman–Crippen MR) is 79.9 cm³/mol. The molecule has 0 saturated carbocycles. The molecule has 1 aromatic rings. The lowest BCUT2D eigenvalue weighted by Gasteiger charge is -2.16. The lowest BCUT2D eigenvalue weighted by molar-refractivity contribution is -0.142. The van der Waals surface area contributed by atoms with Crippen LogP contribution in [0.5, 0.6) is 0 Å². The fourth-order valence-corrected chi connectivity index (χ4v) is 2.65. The molecule has 0 aliphatic carbocycles. The van der Waals surface area contributed by atoms with Crippen molar-refractivity contribution in [3.8, 4) is 0 Å². The Morgan fingerprint density at radius 3 is 2.40 bits per heavy atom. The molecule has 0 radical (unpaired) electrons. The number of aryl methyl sites for hydroxylation is 1. The van der Waals surface area contributed by atoms with Crippen LogP contribution in [0, 0.1) is 11.8 Å². The molecule has 6 heteroatoms. The van der Waals surface area contributed by atoms with E-state index in [0.29, 0.717) is 6.54 Å². The van der Waals surface area contributed by atoms with Gasteiger partial charge >= 0.3 is 12.0 Å². The van der Waals surface area contributed by atoms with Gasteiger partial charge in [0.25, 0.3) is 0 Å². The first-order chi connectivity index (χ1) is 9.43. The van der Waals surface area contributed by atoms with Crippen LogP contribution in [0.1, 0.15) is 30.5 Å². The molecule has 0 aliphatic rings. The SMILES string of the molecule is CCc1ccc(CNC(=O)NCC(C(=O)O)C(C)C)s1. The smallest absolute Gasteiger partial charge is 0.315 e. The van der Waals surface area contributed by atoms with Gasteiger partial charge in [0.1, 0.15) is 0 Å². The molecule has 1 rings (SSSR count). The van der Waals surface area contributed by atoms with Crippen molar-refractivity contribution in [2.45, 2.75) is 33.7 Å². The van der Waals surface area contributed by atoms with Gasteiger partial charge in [-0.25, -0.2) is 4.79 Å². The number of amides is 2. The lowest BCUT2D eigenvalue weighted by Crippen LogP contribution is -2.40. The summed E-state index contributed by atoms with van der Waals surface area (Å²) >= 11 is 1.67. The molecular weight excluding hydrogens is 276 g/mol. The van der Waals surface area contributed by atoms with Crippen LogP contribution in [0.15, 0.2) is 12.1 Å². The molecule has 0 bridgehead atoms. The van der Waals surface area contributed by atoms with Gasteiger partial charge in [-0.3, -0.25) is 4.79 Å². The zero-order valence-electron chi connectivity index (χ0n) is 12.1. The van der Waals surface area contributed by atoms with Gasteiger partial charge in [-0.15, -0.1) is 11.3 Å². The molecule has 0 fully saturated rings. The average molecular weight is 298 g/mol. The number of hydrogen-bond acceptors (Lipinski definition) is 3. The van der Waals surface area contributed by atoms with E-state index in [1.165, 1.54) is 4.88 Å². The van der Waals surface area contributed by atoms with Gasteiger partial charge in [0.2, 0.25) is 0 Å². The molecule has 112 valence electrons. The summed E-state index contributed by atoms with van der Waals surface area (Å²) in [6.07, 6.45) is 0.992. The number of urea groups is 1. The quantitative estimate of drug-likeness (QED) is 0.723. The Balaban J connectivity index is 2.34. The highest BCUT2D eigenvalue weighted by Gasteiger charge is 2.21. The molecule has 1 heterocycles. The van der Waals surface area contributed by atoms with Crippen molar-refractivity contribution in [2.24, 2.45) is 11.8 Å². The highest BCUT2D eigenvalue weighted by molar-refractivity contribution is 7.11. The minimum absolute atomic E-state index is 0.0165. The maximum absolute atomic E-state index is 11.6. The first-order valence-corrected chi connectivity index (χ1v) is 7.57. The van der Waals surface area contributed by atoms with E-state index in [1.807, 2.05) is 19.9 Å². The first-order valence-electron chi connectivity index (χ1n) is 6.76. The molecule has 0 saturated heterocycles. The Hall–Kier alpha value is -1.56. The highest BCUT2D eigenvalue weighted by atomic mass is 32.1. The van der Waals surface area contributed by atoms with Crippen molar-refractivity contribution in [3.05, 3.63) is 21.9 Å². The van der Waals surface area contributed by atoms with Crippen molar-refractivity contribution in [3.63, 3.8) is 0 Å². The maximum Gasteiger partial charge on any atom is 0.315 e. The number of thiophene rings is 1. The van der Waals surface area contributed by atoms with Crippen LogP contribution in [0.3, 0.4) is 0 Å². The third-order valence-corrected chi connectivity index (χ3v) is 4.32. The number of carbonyl (C=O) groups is 2. The van der Waals surface area contributed by atoms with E-state index >= 15 is 0 Å². The van der Waals surface area contributed by atoms with Crippen LogP contribution in [-0.2, 0) is 17.8 Å². The molecule has 0 aliphatic heterocycles. The summed E-state index contributed by atoms with van der Waals surface area (Å²) < 4.78 is 0. The Kier molecular flexibility index (Phi) is 6.51. The molecule has 1 atom stereocenters. The first kappa shape index (κ1) is 16.5. The van der Waals surface area contributed by atoms with Crippen LogP contribution in [0.2, 0.25) is 0 Å². The summed E-state index contributed by atoms with van der Waals surface area (Å²) in [5, 5.41) is 14.4. The zero-order chi connectivity index (χ0) is 15.1. The van der Waals surface area contributed by atoms with E-state index in [9.17, 15) is 9.59 Å². The minimum Gasteiger partial charge on any atom is -0.481 e. The lowest BCUT2D eigenvalue weighted by atomic mass is 9.96. The fraction of sp³-hybridized carbons (Fsp3) is 0.571. The largest absolute Gasteiger partial charge is 0.481 e. The minimum atomic E-state index is -0.883. The molecule has 1 unspecified atom stereocenters. The van der Waals surface area contributed by atoms with Gasteiger partial charge < -0.3 is 15.7 Å². The van der Waals surface area contributed by atoms with Gasteiger partial charge in [0.15, 0.2) is 0 Å². The molecule has 3 N–H and O–H groups in total. The second kappa shape index (κ2) is 7.89. The number of hydrogen-bond donors (Lipinski definition) is 3. The second-order valence-electron chi connectivity index (χ2n) is 4.97. The molecule has 1 aromatic heterocycles. The van der Waals surface area contributed by atoms with Crippen molar-refractivity contribution in [1.29, 1.82) is 0 Å². The van der Waals surface area contributed by atoms with E-state index in [1.54, 1.807) is 11.3 Å². The summed E-state index contributed by atoms with van der Waals surface area (Å²) in [5.41, 5.74) is 0. The second-order valence-corrected chi connectivity index (χ2v) is 6.23. The Labute approximate surface area is 123 Å². The third-order valence-electron chi connectivity index (χ3n) is 3.09. The highest BCUT2D eigenvalue weighted by Crippen LogP contribution is 2.16. The molecule has 20 heavy (non-hydrogen) atoms. The summed E-state index contributed by atoms with van der Waals surface area (Å²) in [5.74, 6) is -1.46. The Morgan fingerprint density at radius 2 is 1.90 bits per heavy atom. The van der Waals surface area contributed by atoms with E-state index < -0.39 is 11.9 Å². The van der Waals surface area contributed by atoms with Crippen LogP contribution >= 0.6 is 11.3 Å². The van der Waals surface area contributed by atoms with Crippen molar-refractivity contribution < 1.29 is 14.7 Å². The van der Waals surface area contributed by atoms with Gasteiger partial charge in [0.05, 0.1) is 12.5 Å². The van der Waals surface area contributed by atoms with E-state index in [-0.39, 0.29) is 18.5 Å². The summed E-state index contributed by atoms with van der Waals surface area (Å²) in [6.45, 7) is 6.36. The summed E-state index contributed by atoms with van der Waals surface area (Å²) in [6, 6.07) is 3.72. The van der Waals surface area contributed by atoms with Crippen molar-refractivity contribution >= 4 is 23.3 Å². The topological polar surface area (TPSA) is 78.4 Å². The fourth-order valence-electron chi connectivity index (χ4n) is 1.75. The van der Waals surface area contributed by atoms with Gasteiger partial charge in [-0.1, -0.05) is 20.8 Å². The molecule has 2 amide bonds. The monoisotopic (exact) mass is 298 g/mol.